The topological polar surface area (TPSA) is 105 Å². The molecule has 1 rings (SSSR count). The van der Waals surface area contributed by atoms with Gasteiger partial charge in [-0.3, -0.25) is 9.59 Å². The Labute approximate surface area is 114 Å². The van der Waals surface area contributed by atoms with E-state index in [1.165, 1.54) is 26.0 Å². The third-order valence-electron chi connectivity index (χ3n) is 2.10. The Morgan fingerprint density at radius 3 is 2.30 bits per heavy atom. The molecule has 0 unspecified atom stereocenters. The van der Waals surface area contributed by atoms with Crippen LogP contribution >= 0.6 is 0 Å². The lowest BCUT2D eigenvalue weighted by Gasteiger charge is -2.10. The Hall–Kier alpha value is -2.64. The highest BCUT2D eigenvalue weighted by atomic mass is 16.9. The zero-order valence-corrected chi connectivity index (χ0v) is 11.0. The maximum atomic E-state index is 11.0. The van der Waals surface area contributed by atoms with Crippen LogP contribution in [-0.2, 0) is 20.8 Å². The van der Waals surface area contributed by atoms with Crippen LogP contribution in [0.4, 0.5) is 0 Å². The van der Waals surface area contributed by atoms with Crippen LogP contribution in [0.15, 0.2) is 18.2 Å². The molecule has 0 fully saturated rings. The molecule has 0 heterocycles. The molecule has 0 aliphatic heterocycles. The maximum absolute atomic E-state index is 11.0. The zero-order chi connectivity index (χ0) is 15.1. The van der Waals surface area contributed by atoms with Gasteiger partial charge in [-0.05, 0) is 24.1 Å². The van der Waals surface area contributed by atoms with Gasteiger partial charge in [-0.15, -0.1) is 10.1 Å². The summed E-state index contributed by atoms with van der Waals surface area (Å²) in [6.45, 7) is 2.30. The van der Waals surface area contributed by atoms with Gasteiger partial charge < -0.3 is 14.3 Å². The number of nitrogens with zero attached hydrogens (tertiary/aromatic N) is 1. The summed E-state index contributed by atoms with van der Waals surface area (Å²) in [5.74, 6) is -0.946. The van der Waals surface area contributed by atoms with Crippen LogP contribution in [-0.4, -0.2) is 23.6 Å². The van der Waals surface area contributed by atoms with Gasteiger partial charge in [-0.25, -0.2) is 0 Å². The first kappa shape index (κ1) is 15.4. The highest BCUT2D eigenvalue weighted by Gasteiger charge is 2.11. The van der Waals surface area contributed by atoms with Crippen LogP contribution in [0.5, 0.6) is 11.5 Å². The van der Waals surface area contributed by atoms with Crippen molar-refractivity contribution in [1.29, 1.82) is 0 Å². The number of benzene rings is 1. The van der Waals surface area contributed by atoms with E-state index in [0.29, 0.717) is 5.56 Å². The molecule has 8 heteroatoms. The number of hydrogen-bond donors (Lipinski definition) is 0. The molecule has 0 atom stereocenters. The molecule has 0 aromatic heterocycles. The first-order chi connectivity index (χ1) is 9.38. The van der Waals surface area contributed by atoms with E-state index in [9.17, 15) is 19.7 Å². The Morgan fingerprint density at radius 2 is 1.75 bits per heavy atom. The number of rotatable bonds is 6. The zero-order valence-electron chi connectivity index (χ0n) is 11.0. The molecular formula is C12H13NO7. The van der Waals surface area contributed by atoms with E-state index in [1.54, 1.807) is 6.07 Å². The minimum absolute atomic E-state index is 0.0753. The largest absolute Gasteiger partial charge is 0.423 e. The van der Waals surface area contributed by atoms with Crippen molar-refractivity contribution in [3.63, 3.8) is 0 Å². The Morgan fingerprint density at radius 1 is 1.15 bits per heavy atom. The van der Waals surface area contributed by atoms with Gasteiger partial charge in [0.1, 0.15) is 6.61 Å². The quantitative estimate of drug-likeness (QED) is 0.335. The molecule has 0 saturated heterocycles. The molecule has 0 radical (unpaired) electrons. The summed E-state index contributed by atoms with van der Waals surface area (Å²) in [6, 6.07) is 4.50. The Bertz CT molecular complexity index is 527. The molecule has 0 aliphatic rings. The third-order valence-corrected chi connectivity index (χ3v) is 2.10. The highest BCUT2D eigenvalue weighted by molar-refractivity contribution is 5.73. The van der Waals surface area contributed by atoms with Gasteiger partial charge in [0.05, 0.1) is 0 Å². The summed E-state index contributed by atoms with van der Waals surface area (Å²) in [5.41, 5.74) is 0.638. The summed E-state index contributed by atoms with van der Waals surface area (Å²) in [7, 11) is 0. The molecule has 108 valence electrons. The van der Waals surface area contributed by atoms with Crippen LogP contribution in [0.2, 0.25) is 0 Å². The molecule has 8 nitrogen and oxygen atoms in total. The Kier molecular flexibility index (Phi) is 5.45. The molecule has 0 amide bonds. The second-order valence-electron chi connectivity index (χ2n) is 3.78. The molecule has 0 saturated carbocycles. The number of ether oxygens (including phenoxy) is 2. The Balaban J connectivity index is 2.86. The van der Waals surface area contributed by atoms with Gasteiger partial charge in [0.15, 0.2) is 11.5 Å². The minimum atomic E-state index is -0.889. The molecule has 20 heavy (non-hydrogen) atoms. The summed E-state index contributed by atoms with van der Waals surface area (Å²) in [4.78, 5) is 36.1. The van der Waals surface area contributed by atoms with Gasteiger partial charge in [0.2, 0.25) is 0 Å². The second kappa shape index (κ2) is 7.07. The minimum Gasteiger partial charge on any atom is -0.423 e. The molecule has 0 bridgehead atoms. The summed E-state index contributed by atoms with van der Waals surface area (Å²) in [6.07, 6.45) is 0.246. The second-order valence-corrected chi connectivity index (χ2v) is 3.78. The smallest absolute Gasteiger partial charge is 0.308 e. The third kappa shape index (κ3) is 5.34. The van der Waals surface area contributed by atoms with Crippen molar-refractivity contribution in [1.82, 2.24) is 0 Å². The molecular weight excluding hydrogens is 270 g/mol. The number of carbonyl (C=O) groups excluding carboxylic acids is 2. The van der Waals surface area contributed by atoms with Crippen LogP contribution in [0.25, 0.3) is 0 Å². The normalized spacial score (nSPS) is 9.70. The predicted octanol–water partition coefficient (Wildman–Crippen LogP) is 1.29. The fourth-order valence-electron chi connectivity index (χ4n) is 1.42. The summed E-state index contributed by atoms with van der Waals surface area (Å²) in [5, 5.41) is 9.15. The molecule has 1 aromatic rings. The number of esters is 2. The van der Waals surface area contributed by atoms with Crippen LogP contribution in [0.1, 0.15) is 19.4 Å². The van der Waals surface area contributed by atoms with Crippen molar-refractivity contribution in [2.45, 2.75) is 20.3 Å². The number of hydrogen-bond acceptors (Lipinski definition) is 7. The van der Waals surface area contributed by atoms with E-state index in [1.807, 2.05) is 0 Å². The van der Waals surface area contributed by atoms with Crippen LogP contribution in [0, 0.1) is 10.1 Å². The van der Waals surface area contributed by atoms with Crippen molar-refractivity contribution in [3.8, 4) is 11.5 Å². The number of carbonyl (C=O) groups is 2. The average molecular weight is 283 g/mol. The van der Waals surface area contributed by atoms with Crippen LogP contribution < -0.4 is 9.47 Å². The van der Waals surface area contributed by atoms with E-state index >= 15 is 0 Å². The van der Waals surface area contributed by atoms with Gasteiger partial charge in [-0.1, -0.05) is 6.07 Å². The fraction of sp³-hybridized carbons (Fsp3) is 0.333. The standard InChI is InChI=1S/C12H13NO7/c1-8(14)19-11-4-3-10(5-6-18-13(16)17)7-12(11)20-9(2)15/h3-4,7H,5-6H2,1-2H3. The van der Waals surface area contributed by atoms with E-state index < -0.39 is 17.0 Å². The average Bonchev–Trinajstić information content (AvgIpc) is 2.30. The first-order valence-corrected chi connectivity index (χ1v) is 5.65. The van der Waals surface area contributed by atoms with Gasteiger partial charge in [-0.2, -0.15) is 0 Å². The van der Waals surface area contributed by atoms with Crippen LogP contribution in [0.3, 0.4) is 0 Å². The molecule has 0 N–H and O–H groups in total. The molecule has 0 spiro atoms. The lowest BCUT2D eigenvalue weighted by Crippen LogP contribution is -2.08. The molecule has 1 aromatic carbocycles. The van der Waals surface area contributed by atoms with E-state index in [4.69, 9.17) is 9.47 Å². The van der Waals surface area contributed by atoms with Crippen molar-refractivity contribution >= 4 is 11.9 Å². The lowest BCUT2D eigenvalue weighted by molar-refractivity contribution is -0.757. The van der Waals surface area contributed by atoms with Crippen molar-refractivity contribution < 1.29 is 29.0 Å². The van der Waals surface area contributed by atoms with Gasteiger partial charge >= 0.3 is 11.9 Å². The summed E-state index contributed by atoms with van der Waals surface area (Å²) < 4.78 is 9.81. The van der Waals surface area contributed by atoms with E-state index in [0.717, 1.165) is 0 Å². The fourth-order valence-corrected chi connectivity index (χ4v) is 1.42. The predicted molar refractivity (Wildman–Crippen MR) is 65.7 cm³/mol. The van der Waals surface area contributed by atoms with Crippen molar-refractivity contribution in [2.75, 3.05) is 6.61 Å². The van der Waals surface area contributed by atoms with Gasteiger partial charge in [0, 0.05) is 13.8 Å². The van der Waals surface area contributed by atoms with Crippen molar-refractivity contribution in [2.24, 2.45) is 0 Å². The lowest BCUT2D eigenvalue weighted by atomic mass is 10.1. The first-order valence-electron chi connectivity index (χ1n) is 5.65. The van der Waals surface area contributed by atoms with E-state index in [2.05, 4.69) is 4.84 Å². The highest BCUT2D eigenvalue weighted by Crippen LogP contribution is 2.29. The van der Waals surface area contributed by atoms with Crippen molar-refractivity contribution in [3.05, 3.63) is 33.9 Å². The van der Waals surface area contributed by atoms with Gasteiger partial charge in [0.25, 0.3) is 5.09 Å². The maximum Gasteiger partial charge on any atom is 0.308 e. The monoisotopic (exact) mass is 283 g/mol. The van der Waals surface area contributed by atoms with E-state index in [-0.39, 0.29) is 24.5 Å². The molecule has 0 aliphatic carbocycles. The summed E-state index contributed by atoms with van der Waals surface area (Å²) >= 11 is 0. The SMILES string of the molecule is CC(=O)Oc1ccc(CCO[N+](=O)[O-])cc1OC(C)=O.